The van der Waals surface area contributed by atoms with Crippen LogP contribution in [-0.4, -0.2) is 115 Å². The van der Waals surface area contributed by atoms with Gasteiger partial charge in [0.25, 0.3) is 11.8 Å². The molecule has 35 heavy (non-hydrogen) atoms. The maximum atomic E-state index is 12.2. The predicted molar refractivity (Wildman–Crippen MR) is 128 cm³/mol. The van der Waals surface area contributed by atoms with E-state index in [1.54, 1.807) is 24.3 Å². The zero-order valence-electron chi connectivity index (χ0n) is 20.4. The van der Waals surface area contributed by atoms with Gasteiger partial charge >= 0.3 is 0 Å². The summed E-state index contributed by atoms with van der Waals surface area (Å²) < 4.78 is 33.1. The van der Waals surface area contributed by atoms with Crippen LogP contribution in [0.3, 0.4) is 0 Å². The molecule has 1 N–H and O–H groups in total. The van der Waals surface area contributed by atoms with E-state index in [0.29, 0.717) is 83.3 Å². The maximum Gasteiger partial charge on any atom is 0.261 e. The van der Waals surface area contributed by atoms with Gasteiger partial charge in [-0.1, -0.05) is 12.1 Å². The summed E-state index contributed by atoms with van der Waals surface area (Å²) in [4.78, 5) is 25.7. The molecule has 1 saturated heterocycles. The molecule has 0 spiro atoms. The molecule has 1 fully saturated rings. The summed E-state index contributed by atoms with van der Waals surface area (Å²) in [6, 6.07) is 6.84. The fourth-order valence-corrected chi connectivity index (χ4v) is 3.82. The van der Waals surface area contributed by atoms with Crippen molar-refractivity contribution in [1.82, 2.24) is 10.2 Å². The highest BCUT2D eigenvalue weighted by atomic mass is 16.6. The topological polar surface area (TPSA) is 105 Å². The fourth-order valence-electron chi connectivity index (χ4n) is 3.82. The van der Waals surface area contributed by atoms with E-state index in [0.717, 1.165) is 25.9 Å². The molecule has 196 valence electrons. The summed E-state index contributed by atoms with van der Waals surface area (Å²) >= 11 is 0. The van der Waals surface area contributed by atoms with E-state index < -0.39 is 0 Å². The Morgan fingerprint density at radius 2 is 1.09 bits per heavy atom. The summed E-state index contributed by atoms with van der Waals surface area (Å²) in [5.74, 6) is -0.534. The van der Waals surface area contributed by atoms with Crippen molar-refractivity contribution in [2.75, 3.05) is 92.3 Å². The molecule has 2 aliphatic rings. The Hall–Kier alpha value is -1.92. The van der Waals surface area contributed by atoms with E-state index in [-0.39, 0.29) is 25.0 Å². The average molecular weight is 495 g/mol. The lowest BCUT2D eigenvalue weighted by atomic mass is 10.1. The molecule has 0 bridgehead atoms. The molecule has 0 saturated carbocycles. The summed E-state index contributed by atoms with van der Waals surface area (Å²) in [6.45, 7) is 7.62. The van der Waals surface area contributed by atoms with Crippen molar-refractivity contribution in [3.05, 3.63) is 35.4 Å². The SMILES string of the molecule is O=C1c2ccccc2C(=O)N1CCOCCOCCOCCOCCOCCOC1CCNCC1. The number of amides is 2. The van der Waals surface area contributed by atoms with Crippen LogP contribution in [0.2, 0.25) is 0 Å². The summed E-state index contributed by atoms with van der Waals surface area (Å²) in [6.07, 6.45) is 2.51. The number of carbonyl (C=O) groups is 2. The highest BCUT2D eigenvalue weighted by Crippen LogP contribution is 2.21. The fraction of sp³-hybridized carbons (Fsp3) is 0.680. The van der Waals surface area contributed by atoms with Crippen molar-refractivity contribution in [2.45, 2.75) is 18.9 Å². The molecule has 1 aromatic rings. The number of ether oxygens (including phenoxy) is 6. The van der Waals surface area contributed by atoms with Crippen LogP contribution >= 0.6 is 0 Å². The first-order chi connectivity index (χ1) is 17.3. The van der Waals surface area contributed by atoms with Crippen molar-refractivity contribution in [1.29, 1.82) is 0 Å². The van der Waals surface area contributed by atoms with Gasteiger partial charge in [-0.15, -0.1) is 0 Å². The number of benzene rings is 1. The summed E-state index contributed by atoms with van der Waals surface area (Å²) in [5.41, 5.74) is 0.904. The molecule has 0 radical (unpaired) electrons. The van der Waals surface area contributed by atoms with E-state index >= 15 is 0 Å². The minimum absolute atomic E-state index is 0.229. The van der Waals surface area contributed by atoms with Crippen LogP contribution in [0.15, 0.2) is 24.3 Å². The minimum Gasteiger partial charge on any atom is -0.377 e. The Kier molecular flexibility index (Phi) is 13.2. The smallest absolute Gasteiger partial charge is 0.261 e. The Bertz CT molecular complexity index is 722. The van der Waals surface area contributed by atoms with E-state index in [2.05, 4.69) is 5.32 Å². The third kappa shape index (κ3) is 9.92. The number of hydrogen-bond acceptors (Lipinski definition) is 9. The molecule has 2 aliphatic heterocycles. The molecular formula is C25H38N2O8. The molecule has 0 aliphatic carbocycles. The Morgan fingerprint density at radius 3 is 1.57 bits per heavy atom. The van der Waals surface area contributed by atoms with E-state index in [1.807, 2.05) is 0 Å². The second kappa shape index (κ2) is 16.7. The molecule has 0 aromatic heterocycles. The van der Waals surface area contributed by atoms with Crippen LogP contribution < -0.4 is 5.32 Å². The first-order valence-electron chi connectivity index (χ1n) is 12.4. The first kappa shape index (κ1) is 27.7. The predicted octanol–water partition coefficient (Wildman–Crippen LogP) is 1.13. The summed E-state index contributed by atoms with van der Waals surface area (Å²) in [7, 11) is 0. The highest BCUT2D eigenvalue weighted by molar-refractivity contribution is 6.21. The van der Waals surface area contributed by atoms with Crippen LogP contribution in [0, 0.1) is 0 Å². The number of carbonyl (C=O) groups excluding carboxylic acids is 2. The van der Waals surface area contributed by atoms with Gasteiger partial charge in [-0.05, 0) is 38.1 Å². The molecule has 2 heterocycles. The van der Waals surface area contributed by atoms with Gasteiger partial charge in [-0.25, -0.2) is 0 Å². The Labute approximate surface area is 207 Å². The monoisotopic (exact) mass is 494 g/mol. The Morgan fingerprint density at radius 1 is 0.657 bits per heavy atom. The first-order valence-corrected chi connectivity index (χ1v) is 12.4. The lowest BCUT2D eigenvalue weighted by Gasteiger charge is -2.22. The molecule has 0 atom stereocenters. The van der Waals surface area contributed by atoms with Crippen LogP contribution in [-0.2, 0) is 28.4 Å². The number of nitrogens with one attached hydrogen (secondary N) is 1. The Balaban J connectivity index is 1.02. The van der Waals surface area contributed by atoms with Gasteiger partial charge in [0.15, 0.2) is 0 Å². The molecule has 1 aromatic carbocycles. The highest BCUT2D eigenvalue weighted by Gasteiger charge is 2.34. The van der Waals surface area contributed by atoms with Crippen molar-refractivity contribution in [2.24, 2.45) is 0 Å². The number of piperidine rings is 1. The normalized spacial score (nSPS) is 16.3. The van der Waals surface area contributed by atoms with E-state index in [1.165, 1.54) is 4.90 Å². The van der Waals surface area contributed by atoms with Crippen molar-refractivity contribution >= 4 is 11.8 Å². The third-order valence-corrected chi connectivity index (χ3v) is 5.69. The number of rotatable bonds is 19. The molecule has 3 rings (SSSR count). The van der Waals surface area contributed by atoms with Gasteiger partial charge in [0.05, 0.1) is 96.5 Å². The largest absolute Gasteiger partial charge is 0.377 e. The molecule has 10 heteroatoms. The van der Waals surface area contributed by atoms with Gasteiger partial charge in [0, 0.05) is 0 Å². The lowest BCUT2D eigenvalue weighted by Crippen LogP contribution is -2.33. The van der Waals surface area contributed by atoms with E-state index in [4.69, 9.17) is 28.4 Å². The molecule has 2 amide bonds. The number of hydrogen-bond donors (Lipinski definition) is 1. The van der Waals surface area contributed by atoms with Gasteiger partial charge < -0.3 is 33.7 Å². The lowest BCUT2D eigenvalue weighted by molar-refractivity contribution is -0.0297. The van der Waals surface area contributed by atoms with Crippen LogP contribution in [0.4, 0.5) is 0 Å². The second-order valence-electron chi connectivity index (χ2n) is 8.19. The van der Waals surface area contributed by atoms with Crippen LogP contribution in [0.25, 0.3) is 0 Å². The van der Waals surface area contributed by atoms with Gasteiger partial charge in [-0.3, -0.25) is 14.5 Å². The van der Waals surface area contributed by atoms with E-state index in [9.17, 15) is 9.59 Å². The number of fused-ring (bicyclic) bond motifs is 1. The minimum atomic E-state index is -0.267. The van der Waals surface area contributed by atoms with Crippen molar-refractivity contribution < 1.29 is 38.0 Å². The molecule has 10 nitrogen and oxygen atoms in total. The zero-order chi connectivity index (χ0) is 24.6. The van der Waals surface area contributed by atoms with Gasteiger partial charge in [0.2, 0.25) is 0 Å². The average Bonchev–Trinajstić information content (AvgIpc) is 3.13. The summed E-state index contributed by atoms with van der Waals surface area (Å²) in [5, 5.41) is 3.32. The third-order valence-electron chi connectivity index (χ3n) is 5.69. The quantitative estimate of drug-likeness (QED) is 0.224. The maximum absolute atomic E-state index is 12.2. The molecule has 0 unspecified atom stereocenters. The number of imide groups is 1. The van der Waals surface area contributed by atoms with Crippen LogP contribution in [0.5, 0.6) is 0 Å². The molecular weight excluding hydrogens is 456 g/mol. The van der Waals surface area contributed by atoms with Crippen molar-refractivity contribution in [3.63, 3.8) is 0 Å². The van der Waals surface area contributed by atoms with Crippen molar-refractivity contribution in [3.8, 4) is 0 Å². The second-order valence-corrected chi connectivity index (χ2v) is 8.19. The van der Waals surface area contributed by atoms with Gasteiger partial charge in [0.1, 0.15) is 0 Å². The van der Waals surface area contributed by atoms with Crippen LogP contribution in [0.1, 0.15) is 33.6 Å². The van der Waals surface area contributed by atoms with Gasteiger partial charge in [-0.2, -0.15) is 0 Å². The number of nitrogens with zero attached hydrogens (tertiary/aromatic N) is 1. The standard InChI is InChI=1S/C25H38N2O8/c28-24-22-3-1-2-4-23(22)25(29)27(24)9-10-30-11-12-31-13-14-32-15-16-33-17-18-34-19-20-35-21-5-7-26-8-6-21/h1-4,21,26H,5-20H2. The zero-order valence-corrected chi connectivity index (χ0v) is 20.4.